The number of ether oxygens (including phenoxy) is 2. The highest BCUT2D eigenvalue weighted by Crippen LogP contribution is 2.50. The molecule has 0 bridgehead atoms. The first kappa shape index (κ1) is 22.9. The largest absolute Gasteiger partial charge is 0.486 e. The smallest absolute Gasteiger partial charge is 0.247 e. The summed E-state index contributed by atoms with van der Waals surface area (Å²) < 4.78 is 11.3. The summed E-state index contributed by atoms with van der Waals surface area (Å²) in [5, 5.41) is 3.48. The fraction of sp³-hybridized carbons (Fsp3) is 0.207. The highest BCUT2D eigenvalue weighted by atomic mass is 35.5. The van der Waals surface area contributed by atoms with Crippen LogP contribution in [0.15, 0.2) is 72.8 Å². The van der Waals surface area contributed by atoms with Gasteiger partial charge < -0.3 is 19.7 Å². The van der Waals surface area contributed by atoms with Crippen LogP contribution in [0, 0.1) is 11.8 Å². The van der Waals surface area contributed by atoms with E-state index in [9.17, 15) is 14.4 Å². The highest BCUT2D eigenvalue weighted by molar-refractivity contribution is 6.30. The number of rotatable bonds is 3. The van der Waals surface area contributed by atoms with Crippen LogP contribution in [0.2, 0.25) is 5.02 Å². The minimum absolute atomic E-state index is 0.336. The standard InChI is InChI=1S/C29H22ClN3O5/c30-17-6-8-18(9-7-17)31-27(34)26-25-24(21-11-5-16-3-1-2-4-20(16)33(21)26)28(35)32(29(25)36)19-10-12-22-23(15-19)38-14-13-37-22/h1-12,15,21,24-26H,13-14H2,(H,31,34). The van der Waals surface area contributed by atoms with Gasteiger partial charge in [-0.2, -0.15) is 0 Å². The topological polar surface area (TPSA) is 88.2 Å². The summed E-state index contributed by atoms with van der Waals surface area (Å²) in [5.41, 5.74) is 2.71. The third kappa shape index (κ3) is 3.40. The number of nitrogens with one attached hydrogen (secondary N) is 1. The van der Waals surface area contributed by atoms with Crippen molar-refractivity contribution in [1.82, 2.24) is 0 Å². The second-order valence-electron chi connectivity index (χ2n) is 9.65. The Morgan fingerprint density at radius 1 is 0.895 bits per heavy atom. The number of para-hydroxylation sites is 1. The number of halogens is 1. The van der Waals surface area contributed by atoms with Gasteiger partial charge in [0.25, 0.3) is 0 Å². The molecule has 1 N–H and O–H groups in total. The number of hydrogen-bond acceptors (Lipinski definition) is 6. The number of nitrogens with zero attached hydrogens (tertiary/aromatic N) is 2. The van der Waals surface area contributed by atoms with E-state index in [0.29, 0.717) is 41.1 Å². The van der Waals surface area contributed by atoms with Crippen LogP contribution in [0.1, 0.15) is 5.56 Å². The average Bonchev–Trinajstić information content (AvgIpc) is 3.42. The number of fused-ring (bicyclic) bond motifs is 6. The van der Waals surface area contributed by atoms with Gasteiger partial charge in [-0.05, 0) is 48.0 Å². The Kier molecular flexibility index (Phi) is 5.19. The van der Waals surface area contributed by atoms with Gasteiger partial charge in [-0.25, -0.2) is 4.90 Å². The number of amides is 3. The predicted molar refractivity (Wildman–Crippen MR) is 143 cm³/mol. The minimum Gasteiger partial charge on any atom is -0.486 e. The highest BCUT2D eigenvalue weighted by Gasteiger charge is 2.64. The van der Waals surface area contributed by atoms with E-state index in [-0.39, 0.29) is 11.8 Å². The van der Waals surface area contributed by atoms with Crippen molar-refractivity contribution in [3.63, 3.8) is 0 Å². The fourth-order valence-electron chi connectivity index (χ4n) is 5.99. The van der Waals surface area contributed by atoms with Crippen molar-refractivity contribution >= 4 is 52.5 Å². The molecule has 4 aliphatic heterocycles. The Morgan fingerprint density at radius 2 is 1.63 bits per heavy atom. The molecule has 3 aromatic rings. The lowest BCUT2D eigenvalue weighted by Crippen LogP contribution is -2.50. The summed E-state index contributed by atoms with van der Waals surface area (Å²) in [4.78, 5) is 44.9. The van der Waals surface area contributed by atoms with Crippen LogP contribution in [0.4, 0.5) is 17.1 Å². The number of imide groups is 1. The molecule has 3 aromatic carbocycles. The van der Waals surface area contributed by atoms with E-state index in [4.69, 9.17) is 21.1 Å². The Bertz CT molecular complexity index is 1520. The molecule has 4 unspecified atom stereocenters. The second-order valence-corrected chi connectivity index (χ2v) is 10.1. The first-order chi connectivity index (χ1) is 18.5. The lowest BCUT2D eigenvalue weighted by molar-refractivity contribution is -0.126. The van der Waals surface area contributed by atoms with Gasteiger partial charge in [0.05, 0.1) is 23.6 Å². The summed E-state index contributed by atoms with van der Waals surface area (Å²) in [7, 11) is 0. The number of hydrogen-bond donors (Lipinski definition) is 1. The third-order valence-electron chi connectivity index (χ3n) is 7.58. The van der Waals surface area contributed by atoms with Crippen LogP contribution >= 0.6 is 11.6 Å². The maximum absolute atomic E-state index is 14.0. The van der Waals surface area contributed by atoms with Crippen molar-refractivity contribution in [2.45, 2.75) is 12.1 Å². The molecule has 0 aliphatic carbocycles. The van der Waals surface area contributed by atoms with Crippen molar-refractivity contribution in [3.05, 3.63) is 83.4 Å². The molecule has 4 aliphatic rings. The lowest BCUT2D eigenvalue weighted by atomic mass is 9.88. The van der Waals surface area contributed by atoms with Gasteiger partial charge in [0, 0.05) is 22.5 Å². The number of carbonyl (C=O) groups is 3. The first-order valence-corrected chi connectivity index (χ1v) is 12.8. The van der Waals surface area contributed by atoms with Crippen molar-refractivity contribution in [1.29, 1.82) is 0 Å². The molecule has 4 heterocycles. The van der Waals surface area contributed by atoms with E-state index in [1.807, 2.05) is 41.3 Å². The minimum atomic E-state index is -0.898. The van der Waals surface area contributed by atoms with Crippen molar-refractivity contribution < 1.29 is 23.9 Å². The van der Waals surface area contributed by atoms with Crippen molar-refractivity contribution in [2.24, 2.45) is 11.8 Å². The molecule has 3 amide bonds. The van der Waals surface area contributed by atoms with Gasteiger partial charge in [-0.1, -0.05) is 42.0 Å². The summed E-state index contributed by atoms with van der Waals surface area (Å²) in [6.45, 7) is 0.825. The van der Waals surface area contributed by atoms with Gasteiger partial charge in [-0.3, -0.25) is 14.4 Å². The van der Waals surface area contributed by atoms with Crippen LogP contribution in [-0.4, -0.2) is 43.0 Å². The third-order valence-corrected chi connectivity index (χ3v) is 7.83. The maximum Gasteiger partial charge on any atom is 0.247 e. The van der Waals surface area contributed by atoms with E-state index >= 15 is 0 Å². The molecular weight excluding hydrogens is 506 g/mol. The molecule has 2 fully saturated rings. The zero-order chi connectivity index (χ0) is 26.0. The Labute approximate surface area is 223 Å². The Balaban J connectivity index is 1.30. The monoisotopic (exact) mass is 527 g/mol. The van der Waals surface area contributed by atoms with Crippen LogP contribution < -0.4 is 24.6 Å². The van der Waals surface area contributed by atoms with Crippen molar-refractivity contribution in [3.8, 4) is 11.5 Å². The lowest BCUT2D eigenvalue weighted by Gasteiger charge is -2.36. The van der Waals surface area contributed by atoms with Crippen molar-refractivity contribution in [2.75, 3.05) is 28.3 Å². The van der Waals surface area contributed by atoms with E-state index in [1.54, 1.807) is 42.5 Å². The summed E-state index contributed by atoms with van der Waals surface area (Å²) in [5.74, 6) is -1.65. The average molecular weight is 528 g/mol. The Hall–Kier alpha value is -4.30. The van der Waals surface area contributed by atoms with E-state index in [2.05, 4.69) is 5.32 Å². The number of anilines is 3. The summed E-state index contributed by atoms with van der Waals surface area (Å²) in [6.07, 6.45) is 3.88. The van der Waals surface area contributed by atoms with E-state index in [1.165, 1.54) is 4.90 Å². The SMILES string of the molecule is O=C(Nc1ccc(Cl)cc1)C1C2C(=O)N(c3ccc4c(c3)OCCO4)C(=O)C2C2C=Cc3ccccc3N21. The molecule has 0 aromatic heterocycles. The molecular formula is C29H22ClN3O5. The summed E-state index contributed by atoms with van der Waals surface area (Å²) in [6, 6.07) is 18.1. The van der Waals surface area contributed by atoms with Gasteiger partial charge in [0.2, 0.25) is 17.7 Å². The molecule has 2 saturated heterocycles. The zero-order valence-electron chi connectivity index (χ0n) is 20.0. The molecule has 8 nitrogen and oxygen atoms in total. The number of carbonyl (C=O) groups excluding carboxylic acids is 3. The second kappa shape index (κ2) is 8.63. The zero-order valence-corrected chi connectivity index (χ0v) is 20.8. The molecule has 0 spiro atoms. The summed E-state index contributed by atoms with van der Waals surface area (Å²) >= 11 is 6.02. The molecule has 0 radical (unpaired) electrons. The molecule has 0 saturated carbocycles. The van der Waals surface area contributed by atoms with E-state index < -0.39 is 29.8 Å². The van der Waals surface area contributed by atoms with Gasteiger partial charge in [0.1, 0.15) is 19.3 Å². The normalized spacial score (nSPS) is 24.7. The maximum atomic E-state index is 14.0. The van der Waals surface area contributed by atoms with Crippen LogP contribution in [0.3, 0.4) is 0 Å². The molecule has 9 heteroatoms. The fourth-order valence-corrected chi connectivity index (χ4v) is 6.11. The van der Waals surface area contributed by atoms with E-state index in [0.717, 1.165) is 11.3 Å². The van der Waals surface area contributed by atoms with Crippen LogP contribution in [0.25, 0.3) is 6.08 Å². The van der Waals surface area contributed by atoms with Crippen LogP contribution in [0.5, 0.6) is 11.5 Å². The van der Waals surface area contributed by atoms with Crippen LogP contribution in [-0.2, 0) is 14.4 Å². The first-order valence-electron chi connectivity index (χ1n) is 12.4. The Morgan fingerprint density at radius 3 is 2.45 bits per heavy atom. The molecule has 190 valence electrons. The van der Waals surface area contributed by atoms with Gasteiger partial charge in [-0.15, -0.1) is 0 Å². The molecule has 38 heavy (non-hydrogen) atoms. The van der Waals surface area contributed by atoms with Gasteiger partial charge >= 0.3 is 0 Å². The molecule has 4 atom stereocenters. The predicted octanol–water partition coefficient (Wildman–Crippen LogP) is 4.14. The van der Waals surface area contributed by atoms with Gasteiger partial charge in [0.15, 0.2) is 11.5 Å². The quantitative estimate of drug-likeness (QED) is 0.515. The molecule has 7 rings (SSSR count). The number of benzene rings is 3.